The summed E-state index contributed by atoms with van der Waals surface area (Å²) < 4.78 is 13.2. The molecule has 1 saturated heterocycles. The number of nitrogens with zero attached hydrogens (tertiary/aromatic N) is 2. The molecule has 0 saturated carbocycles. The van der Waals surface area contributed by atoms with Crippen molar-refractivity contribution in [3.8, 4) is 5.75 Å². The highest BCUT2D eigenvalue weighted by molar-refractivity contribution is 5.84. The Bertz CT molecular complexity index is 881. The summed E-state index contributed by atoms with van der Waals surface area (Å²) in [6.45, 7) is 5.90. The molecule has 0 unspecified atom stereocenters. The normalized spacial score (nSPS) is 15.3. The van der Waals surface area contributed by atoms with Crippen molar-refractivity contribution in [3.63, 3.8) is 0 Å². The highest BCUT2D eigenvalue weighted by Gasteiger charge is 2.12. The topological polar surface area (TPSA) is 26.6 Å². The maximum absolute atomic E-state index is 5.44. The van der Waals surface area contributed by atoms with E-state index in [-0.39, 0.29) is 0 Å². The molecular weight excluding hydrogens is 336 g/mol. The second-order valence-corrected chi connectivity index (χ2v) is 7.21. The number of rotatable bonds is 7. The van der Waals surface area contributed by atoms with Crippen molar-refractivity contribution in [2.24, 2.45) is 0 Å². The van der Waals surface area contributed by atoms with Crippen LogP contribution in [0.2, 0.25) is 0 Å². The highest BCUT2D eigenvalue weighted by atomic mass is 16.5. The molecule has 142 valence electrons. The first-order valence-electron chi connectivity index (χ1n) is 9.83. The van der Waals surface area contributed by atoms with Crippen molar-refractivity contribution in [2.75, 3.05) is 40.0 Å². The lowest BCUT2D eigenvalue weighted by Crippen LogP contribution is -2.36. The number of morpholine rings is 1. The lowest BCUT2D eigenvalue weighted by molar-refractivity contribution is 0.0375. The molecule has 1 fully saturated rings. The molecule has 3 aromatic rings. The van der Waals surface area contributed by atoms with E-state index in [9.17, 15) is 0 Å². The van der Waals surface area contributed by atoms with Crippen molar-refractivity contribution in [3.05, 3.63) is 65.9 Å². The van der Waals surface area contributed by atoms with Gasteiger partial charge in [0, 0.05) is 36.7 Å². The van der Waals surface area contributed by atoms with E-state index in [0.717, 1.165) is 51.6 Å². The highest BCUT2D eigenvalue weighted by Crippen LogP contribution is 2.24. The molecule has 1 aliphatic rings. The first kappa shape index (κ1) is 18.1. The summed E-state index contributed by atoms with van der Waals surface area (Å²) in [6.07, 6.45) is 4.64. The van der Waals surface area contributed by atoms with E-state index in [1.165, 1.54) is 28.5 Å². The van der Waals surface area contributed by atoms with E-state index in [1.807, 2.05) is 6.07 Å². The van der Waals surface area contributed by atoms with Crippen molar-refractivity contribution in [2.45, 2.75) is 19.4 Å². The summed E-state index contributed by atoms with van der Waals surface area (Å²) in [4.78, 5) is 2.51. The zero-order valence-corrected chi connectivity index (χ0v) is 16.1. The van der Waals surface area contributed by atoms with Crippen LogP contribution in [0.1, 0.15) is 17.5 Å². The molecule has 0 atom stereocenters. The molecule has 0 amide bonds. The molecule has 0 radical (unpaired) electrons. The molecule has 0 bridgehead atoms. The fourth-order valence-corrected chi connectivity index (χ4v) is 3.94. The Morgan fingerprint density at radius 1 is 1.04 bits per heavy atom. The lowest BCUT2D eigenvalue weighted by atomic mass is 10.1. The summed E-state index contributed by atoms with van der Waals surface area (Å²) in [5.41, 5.74) is 4.01. The lowest BCUT2D eigenvalue weighted by Gasteiger charge is -2.26. The van der Waals surface area contributed by atoms with Gasteiger partial charge >= 0.3 is 0 Å². The molecule has 0 spiro atoms. The Kier molecular flexibility index (Phi) is 5.75. The number of ether oxygens (including phenoxy) is 2. The molecule has 2 aromatic carbocycles. The summed E-state index contributed by atoms with van der Waals surface area (Å²) in [7, 11) is 1.72. The fraction of sp³-hybridized carbons (Fsp3) is 0.391. The number of hydrogen-bond donors (Lipinski definition) is 0. The average Bonchev–Trinajstić information content (AvgIpc) is 3.07. The number of hydrogen-bond acceptors (Lipinski definition) is 3. The molecule has 0 aliphatic carbocycles. The molecule has 1 aromatic heterocycles. The van der Waals surface area contributed by atoms with Gasteiger partial charge in [-0.25, -0.2) is 0 Å². The summed E-state index contributed by atoms with van der Waals surface area (Å²) in [5, 5.41) is 1.38. The van der Waals surface area contributed by atoms with Gasteiger partial charge < -0.3 is 14.0 Å². The van der Waals surface area contributed by atoms with Crippen LogP contribution in [0.3, 0.4) is 0 Å². The SMILES string of the molecule is COc1cccc(Cn2cc(CCCN3CCOCC3)c3ccccc32)c1. The predicted molar refractivity (Wildman–Crippen MR) is 110 cm³/mol. The molecule has 0 N–H and O–H groups in total. The van der Waals surface area contributed by atoms with Gasteiger partial charge in [0.25, 0.3) is 0 Å². The van der Waals surface area contributed by atoms with Crippen LogP contribution < -0.4 is 4.74 Å². The third kappa shape index (κ3) is 4.34. The fourth-order valence-electron chi connectivity index (χ4n) is 3.94. The third-order valence-corrected chi connectivity index (χ3v) is 5.38. The number of fused-ring (bicyclic) bond motifs is 1. The van der Waals surface area contributed by atoms with Crippen LogP contribution in [0.5, 0.6) is 5.75 Å². The van der Waals surface area contributed by atoms with Crippen LogP contribution in [-0.4, -0.2) is 49.4 Å². The minimum Gasteiger partial charge on any atom is -0.497 e. The van der Waals surface area contributed by atoms with Gasteiger partial charge in [0.05, 0.1) is 20.3 Å². The van der Waals surface area contributed by atoms with Crippen LogP contribution in [0.15, 0.2) is 54.7 Å². The van der Waals surface area contributed by atoms with Crippen molar-refractivity contribution >= 4 is 10.9 Å². The van der Waals surface area contributed by atoms with Crippen molar-refractivity contribution < 1.29 is 9.47 Å². The van der Waals surface area contributed by atoms with Crippen LogP contribution >= 0.6 is 0 Å². The van der Waals surface area contributed by atoms with E-state index >= 15 is 0 Å². The molecule has 4 nitrogen and oxygen atoms in total. The van der Waals surface area contributed by atoms with Gasteiger partial charge in [0.15, 0.2) is 0 Å². The molecule has 4 heteroatoms. The first-order chi connectivity index (χ1) is 13.3. The number of methoxy groups -OCH3 is 1. The predicted octanol–water partition coefficient (Wildman–Crippen LogP) is 3.96. The van der Waals surface area contributed by atoms with Gasteiger partial charge in [-0.05, 0) is 48.7 Å². The third-order valence-electron chi connectivity index (χ3n) is 5.38. The first-order valence-corrected chi connectivity index (χ1v) is 9.83. The Morgan fingerprint density at radius 3 is 2.74 bits per heavy atom. The van der Waals surface area contributed by atoms with E-state index in [1.54, 1.807) is 7.11 Å². The summed E-state index contributed by atoms with van der Waals surface area (Å²) >= 11 is 0. The molecule has 27 heavy (non-hydrogen) atoms. The van der Waals surface area contributed by atoms with E-state index in [0.29, 0.717) is 0 Å². The quantitative estimate of drug-likeness (QED) is 0.635. The Balaban J connectivity index is 1.49. The maximum atomic E-state index is 5.44. The maximum Gasteiger partial charge on any atom is 0.119 e. The zero-order chi connectivity index (χ0) is 18.5. The second-order valence-electron chi connectivity index (χ2n) is 7.21. The van der Waals surface area contributed by atoms with Crippen molar-refractivity contribution in [1.82, 2.24) is 9.47 Å². The van der Waals surface area contributed by atoms with Crippen LogP contribution in [0.25, 0.3) is 10.9 Å². The van der Waals surface area contributed by atoms with Gasteiger partial charge in [-0.1, -0.05) is 30.3 Å². The van der Waals surface area contributed by atoms with Gasteiger partial charge in [0.1, 0.15) is 5.75 Å². The summed E-state index contributed by atoms with van der Waals surface area (Å²) in [5.74, 6) is 0.912. The van der Waals surface area contributed by atoms with Gasteiger partial charge in [0.2, 0.25) is 0 Å². The van der Waals surface area contributed by atoms with Crippen LogP contribution in [-0.2, 0) is 17.7 Å². The molecular formula is C23H28N2O2. The molecule has 4 rings (SSSR count). The number of para-hydroxylation sites is 1. The smallest absolute Gasteiger partial charge is 0.119 e. The Morgan fingerprint density at radius 2 is 1.89 bits per heavy atom. The van der Waals surface area contributed by atoms with E-state index < -0.39 is 0 Å². The Labute approximate surface area is 161 Å². The van der Waals surface area contributed by atoms with Crippen LogP contribution in [0, 0.1) is 0 Å². The van der Waals surface area contributed by atoms with Crippen LogP contribution in [0.4, 0.5) is 0 Å². The average molecular weight is 364 g/mol. The standard InChI is InChI=1S/C23H28N2O2/c1-26-21-8-4-6-19(16-21)17-25-18-20(22-9-2-3-10-23(22)25)7-5-11-24-12-14-27-15-13-24/h2-4,6,8-10,16,18H,5,7,11-15,17H2,1H3. The van der Waals surface area contributed by atoms with Crippen molar-refractivity contribution in [1.29, 1.82) is 0 Å². The van der Waals surface area contributed by atoms with Gasteiger partial charge in [-0.2, -0.15) is 0 Å². The van der Waals surface area contributed by atoms with E-state index in [2.05, 4.69) is 58.1 Å². The summed E-state index contributed by atoms with van der Waals surface area (Å²) in [6, 6.07) is 17.1. The molecule has 2 heterocycles. The minimum absolute atomic E-state index is 0.862. The number of aryl methyl sites for hydroxylation is 1. The molecule has 1 aliphatic heterocycles. The van der Waals surface area contributed by atoms with Gasteiger partial charge in [-0.15, -0.1) is 0 Å². The minimum atomic E-state index is 0.862. The van der Waals surface area contributed by atoms with E-state index in [4.69, 9.17) is 9.47 Å². The monoisotopic (exact) mass is 364 g/mol. The number of benzene rings is 2. The largest absolute Gasteiger partial charge is 0.497 e. The van der Waals surface area contributed by atoms with Gasteiger partial charge in [-0.3, -0.25) is 4.90 Å². The Hall–Kier alpha value is -2.30. The second kappa shape index (κ2) is 8.59. The number of aromatic nitrogens is 1. The zero-order valence-electron chi connectivity index (χ0n) is 16.1.